The van der Waals surface area contributed by atoms with E-state index in [-0.39, 0.29) is 0 Å². The van der Waals surface area contributed by atoms with Crippen molar-refractivity contribution in [3.63, 3.8) is 0 Å². The zero-order chi connectivity index (χ0) is 7.84. The number of benzene rings is 1. The summed E-state index contributed by atoms with van der Waals surface area (Å²) in [5.41, 5.74) is 0.926. The number of ether oxygens (including phenoxy) is 1. The van der Waals surface area contributed by atoms with Gasteiger partial charge in [0.2, 0.25) is 0 Å². The van der Waals surface area contributed by atoms with Gasteiger partial charge in [-0.3, -0.25) is 0 Å². The maximum atomic E-state index is 9.36. The minimum absolute atomic E-state index is 0.343. The first kappa shape index (κ1) is 6.85. The van der Waals surface area contributed by atoms with Gasteiger partial charge >= 0.3 is 0 Å². The minimum atomic E-state index is 0.343. The maximum absolute atomic E-state index is 9.36. The van der Waals surface area contributed by atoms with E-state index < -0.39 is 0 Å². The average molecular weight is 168 g/mol. The van der Waals surface area contributed by atoms with Gasteiger partial charge in [-0.25, -0.2) is 0 Å². The molecule has 1 aromatic rings. The van der Waals surface area contributed by atoms with E-state index in [1.54, 1.807) is 23.9 Å². The van der Waals surface area contributed by atoms with Crippen molar-refractivity contribution in [3.8, 4) is 17.2 Å². The van der Waals surface area contributed by atoms with Crippen molar-refractivity contribution >= 4 is 11.8 Å². The van der Waals surface area contributed by atoms with Gasteiger partial charge in [0.15, 0.2) is 11.5 Å². The van der Waals surface area contributed by atoms with Crippen molar-refractivity contribution in [2.45, 2.75) is 5.75 Å². The number of phenolic OH excluding ortho intramolecular Hbond substituents is 1. The zero-order valence-electron chi connectivity index (χ0n) is 6.13. The van der Waals surface area contributed by atoms with E-state index in [0.29, 0.717) is 5.75 Å². The summed E-state index contributed by atoms with van der Waals surface area (Å²) in [5, 5.41) is 9.36. The van der Waals surface area contributed by atoms with Crippen LogP contribution in [-0.2, 0) is 5.75 Å². The summed E-state index contributed by atoms with van der Waals surface area (Å²) in [4.78, 5) is 0. The topological polar surface area (TPSA) is 32.8 Å². The van der Waals surface area contributed by atoms with Crippen LogP contribution in [0.1, 0.15) is 5.56 Å². The molecule has 0 aromatic heterocycles. The van der Waals surface area contributed by atoms with E-state index in [9.17, 15) is 5.11 Å². The Balaban J connectivity index is 2.39. The molecule has 1 aliphatic heterocycles. The Morgan fingerprint density at radius 2 is 2.36 bits per heavy atom. The fraction of sp³-hybridized carbons (Fsp3) is 0.250. The Bertz CT molecular complexity index is 293. The van der Waals surface area contributed by atoms with E-state index >= 15 is 0 Å². The third-order valence-electron chi connectivity index (χ3n) is 1.66. The summed E-state index contributed by atoms with van der Waals surface area (Å²) in [6.45, 7) is 0. The summed E-state index contributed by atoms with van der Waals surface area (Å²) in [7, 11) is 0. The van der Waals surface area contributed by atoms with E-state index in [1.165, 1.54) is 0 Å². The van der Waals surface area contributed by atoms with Crippen LogP contribution in [0.15, 0.2) is 12.1 Å². The molecule has 0 radical (unpaired) electrons. The van der Waals surface area contributed by atoms with Crippen LogP contribution in [0.3, 0.4) is 0 Å². The maximum Gasteiger partial charge on any atom is 0.177 e. The van der Waals surface area contributed by atoms with Gasteiger partial charge in [-0.2, -0.15) is 11.8 Å². The molecular formula is C8H8O2S. The van der Waals surface area contributed by atoms with Gasteiger partial charge in [-0.1, -0.05) is 0 Å². The summed E-state index contributed by atoms with van der Waals surface area (Å²) < 4.78 is 5.13. The number of phenols is 1. The first-order valence-electron chi connectivity index (χ1n) is 3.34. The van der Waals surface area contributed by atoms with Gasteiger partial charge < -0.3 is 9.84 Å². The number of thioether (sulfide) groups is 1. The molecule has 1 aliphatic rings. The summed E-state index contributed by atoms with van der Waals surface area (Å²) in [6.07, 6.45) is 2.00. The Morgan fingerprint density at radius 1 is 1.55 bits per heavy atom. The molecule has 0 saturated carbocycles. The molecule has 0 saturated heterocycles. The van der Waals surface area contributed by atoms with Crippen LogP contribution < -0.4 is 4.74 Å². The highest BCUT2D eigenvalue weighted by molar-refractivity contribution is 7.97. The lowest BCUT2D eigenvalue weighted by atomic mass is 10.2. The van der Waals surface area contributed by atoms with Crippen molar-refractivity contribution in [2.75, 3.05) is 6.26 Å². The van der Waals surface area contributed by atoms with Gasteiger partial charge in [0.1, 0.15) is 5.75 Å². The molecule has 2 rings (SSSR count). The van der Waals surface area contributed by atoms with Gasteiger partial charge in [0.05, 0.1) is 5.56 Å². The predicted molar refractivity (Wildman–Crippen MR) is 45.4 cm³/mol. The molecule has 1 aromatic carbocycles. The van der Waals surface area contributed by atoms with Crippen LogP contribution in [0.5, 0.6) is 17.2 Å². The lowest BCUT2D eigenvalue weighted by molar-refractivity contribution is 0.470. The number of aromatic hydroxyl groups is 1. The van der Waals surface area contributed by atoms with E-state index in [2.05, 4.69) is 0 Å². The summed E-state index contributed by atoms with van der Waals surface area (Å²) in [6, 6.07) is 3.46. The largest absolute Gasteiger partial charge is 0.507 e. The fourth-order valence-corrected chi connectivity index (χ4v) is 1.63. The molecule has 0 spiro atoms. The van der Waals surface area contributed by atoms with Crippen molar-refractivity contribution in [2.24, 2.45) is 0 Å². The van der Waals surface area contributed by atoms with Crippen LogP contribution in [0, 0.1) is 0 Å². The molecule has 2 nitrogen and oxygen atoms in total. The standard InChI is InChI=1S/C8H8O2S/c1-11-4-5-6(9)2-3-7-8(5)10-7/h2-3,9H,4H2,1H3. The number of fused-ring (bicyclic) bond motifs is 1. The smallest absolute Gasteiger partial charge is 0.177 e. The molecular weight excluding hydrogens is 160 g/mol. The van der Waals surface area contributed by atoms with Gasteiger partial charge in [-0.05, 0) is 18.4 Å². The van der Waals surface area contributed by atoms with Gasteiger partial charge in [-0.15, -0.1) is 0 Å². The van der Waals surface area contributed by atoms with Gasteiger partial charge in [0.25, 0.3) is 0 Å². The van der Waals surface area contributed by atoms with Crippen LogP contribution in [-0.4, -0.2) is 11.4 Å². The molecule has 0 amide bonds. The molecule has 0 atom stereocenters. The first-order chi connectivity index (χ1) is 5.33. The highest BCUT2D eigenvalue weighted by atomic mass is 32.2. The van der Waals surface area contributed by atoms with Crippen molar-refractivity contribution in [1.82, 2.24) is 0 Å². The third kappa shape index (κ3) is 1.05. The van der Waals surface area contributed by atoms with Gasteiger partial charge in [0, 0.05) is 5.75 Å². The molecule has 0 bridgehead atoms. The van der Waals surface area contributed by atoms with Crippen LogP contribution in [0.4, 0.5) is 0 Å². The highest BCUT2D eigenvalue weighted by Crippen LogP contribution is 2.51. The summed E-state index contributed by atoms with van der Waals surface area (Å²) >= 11 is 1.68. The number of hydrogen-bond acceptors (Lipinski definition) is 3. The Hall–Kier alpha value is -0.830. The Labute approximate surface area is 69.2 Å². The molecule has 0 unspecified atom stereocenters. The monoisotopic (exact) mass is 168 g/mol. The Kier molecular flexibility index (Phi) is 1.46. The number of hydrogen-bond donors (Lipinski definition) is 1. The molecule has 3 heteroatoms. The number of rotatable bonds is 2. The molecule has 11 heavy (non-hydrogen) atoms. The second-order valence-electron chi connectivity index (χ2n) is 2.43. The fourth-order valence-electron chi connectivity index (χ4n) is 1.06. The van der Waals surface area contributed by atoms with Crippen molar-refractivity contribution in [1.29, 1.82) is 0 Å². The predicted octanol–water partition coefficient (Wildman–Crippen LogP) is 2.36. The Morgan fingerprint density at radius 3 is 3.09 bits per heavy atom. The van der Waals surface area contributed by atoms with Crippen LogP contribution in [0.2, 0.25) is 0 Å². The average Bonchev–Trinajstić information content (AvgIpc) is 2.74. The zero-order valence-corrected chi connectivity index (χ0v) is 6.94. The van der Waals surface area contributed by atoms with Crippen LogP contribution in [0.25, 0.3) is 0 Å². The van der Waals surface area contributed by atoms with Crippen LogP contribution >= 0.6 is 11.8 Å². The lowest BCUT2D eigenvalue weighted by Gasteiger charge is -1.96. The lowest BCUT2D eigenvalue weighted by Crippen LogP contribution is -1.76. The van der Waals surface area contributed by atoms with Crippen molar-refractivity contribution in [3.05, 3.63) is 17.7 Å². The minimum Gasteiger partial charge on any atom is -0.507 e. The van der Waals surface area contributed by atoms with E-state index in [1.807, 2.05) is 6.26 Å². The molecule has 58 valence electrons. The van der Waals surface area contributed by atoms with E-state index in [4.69, 9.17) is 4.74 Å². The third-order valence-corrected chi connectivity index (χ3v) is 2.24. The SMILES string of the molecule is CSCc1c(O)ccc2c1O2. The van der Waals surface area contributed by atoms with Crippen molar-refractivity contribution < 1.29 is 9.84 Å². The molecule has 0 fully saturated rings. The second-order valence-corrected chi connectivity index (χ2v) is 3.29. The molecule has 0 aliphatic carbocycles. The quantitative estimate of drug-likeness (QED) is 0.699. The normalized spacial score (nSPS) is 12.1. The molecule has 1 N–H and O–H groups in total. The molecule has 1 heterocycles. The van der Waals surface area contributed by atoms with E-state index in [0.717, 1.165) is 22.8 Å². The highest BCUT2D eigenvalue weighted by Gasteiger charge is 2.26. The second kappa shape index (κ2) is 2.34. The first-order valence-corrected chi connectivity index (χ1v) is 4.74. The summed E-state index contributed by atoms with van der Waals surface area (Å²) in [5.74, 6) is 2.94.